The van der Waals surface area contributed by atoms with Gasteiger partial charge in [-0.3, -0.25) is 4.79 Å². The topological polar surface area (TPSA) is 62.5 Å². The molecule has 1 amide bonds. The second-order valence-electron chi connectivity index (χ2n) is 5.27. The van der Waals surface area contributed by atoms with Gasteiger partial charge in [-0.1, -0.05) is 11.6 Å². The van der Waals surface area contributed by atoms with E-state index >= 15 is 0 Å². The van der Waals surface area contributed by atoms with Gasteiger partial charge in [0.2, 0.25) is 0 Å². The molecule has 0 saturated heterocycles. The standard InChI is InChI=1S/C15H17NO3/c1-9-2-5-13-11(6-9)7-14(19-13)15(18)16-8-12(17)10-3-4-10/h2,5-7,10,12,17H,3-4,8H2,1H3,(H,16,18). The molecule has 100 valence electrons. The Morgan fingerprint density at radius 2 is 2.26 bits per heavy atom. The Balaban J connectivity index is 1.70. The summed E-state index contributed by atoms with van der Waals surface area (Å²) >= 11 is 0. The first-order chi connectivity index (χ1) is 9.13. The number of benzene rings is 1. The van der Waals surface area contributed by atoms with Crippen LogP contribution < -0.4 is 5.32 Å². The van der Waals surface area contributed by atoms with Crippen molar-refractivity contribution in [1.29, 1.82) is 0 Å². The number of aryl methyl sites for hydroxylation is 1. The van der Waals surface area contributed by atoms with E-state index in [1.165, 1.54) is 0 Å². The molecule has 1 aliphatic carbocycles. The van der Waals surface area contributed by atoms with E-state index in [0.29, 0.717) is 23.8 Å². The third-order valence-corrected chi connectivity index (χ3v) is 3.53. The van der Waals surface area contributed by atoms with Crippen molar-refractivity contribution in [2.45, 2.75) is 25.9 Å². The Morgan fingerprint density at radius 1 is 1.47 bits per heavy atom. The molecule has 2 aromatic rings. The van der Waals surface area contributed by atoms with Gasteiger partial charge in [0.1, 0.15) is 5.58 Å². The molecule has 1 aliphatic rings. The molecular formula is C15H17NO3. The summed E-state index contributed by atoms with van der Waals surface area (Å²) in [6.07, 6.45) is 1.68. The van der Waals surface area contributed by atoms with Crippen LogP contribution >= 0.6 is 0 Å². The normalized spacial score (nSPS) is 16.5. The Bertz CT molecular complexity index is 613. The van der Waals surface area contributed by atoms with Gasteiger partial charge in [-0.15, -0.1) is 0 Å². The first-order valence-electron chi connectivity index (χ1n) is 6.60. The fourth-order valence-corrected chi connectivity index (χ4v) is 2.21. The van der Waals surface area contributed by atoms with Crippen LogP contribution in [-0.2, 0) is 0 Å². The van der Waals surface area contributed by atoms with Gasteiger partial charge >= 0.3 is 0 Å². The number of aliphatic hydroxyl groups is 1. The lowest BCUT2D eigenvalue weighted by molar-refractivity contribution is 0.0876. The third kappa shape index (κ3) is 2.63. The monoisotopic (exact) mass is 259 g/mol. The number of hydrogen-bond donors (Lipinski definition) is 2. The molecule has 0 aliphatic heterocycles. The minimum absolute atomic E-state index is 0.270. The molecule has 3 rings (SSSR count). The number of carbonyl (C=O) groups is 1. The number of furan rings is 1. The van der Waals surface area contributed by atoms with Gasteiger partial charge in [0.05, 0.1) is 6.10 Å². The number of rotatable bonds is 4. The average molecular weight is 259 g/mol. The van der Waals surface area contributed by atoms with Crippen molar-refractivity contribution in [3.05, 3.63) is 35.6 Å². The number of carbonyl (C=O) groups excluding carboxylic acids is 1. The maximum atomic E-state index is 11.9. The Kier molecular flexibility index (Phi) is 3.03. The summed E-state index contributed by atoms with van der Waals surface area (Å²) in [5, 5.41) is 13.4. The first kappa shape index (κ1) is 12.2. The van der Waals surface area contributed by atoms with Crippen LogP contribution in [0.1, 0.15) is 29.0 Å². The summed E-state index contributed by atoms with van der Waals surface area (Å²) in [6, 6.07) is 7.53. The van der Waals surface area contributed by atoms with Crippen molar-refractivity contribution in [2.24, 2.45) is 5.92 Å². The van der Waals surface area contributed by atoms with Crippen LogP contribution in [0.4, 0.5) is 0 Å². The Morgan fingerprint density at radius 3 is 3.00 bits per heavy atom. The molecule has 1 fully saturated rings. The van der Waals surface area contributed by atoms with E-state index in [2.05, 4.69) is 5.32 Å². The van der Waals surface area contributed by atoms with Crippen LogP contribution in [0.5, 0.6) is 0 Å². The highest BCUT2D eigenvalue weighted by Gasteiger charge is 2.29. The maximum absolute atomic E-state index is 11.9. The minimum Gasteiger partial charge on any atom is -0.451 e. The summed E-state index contributed by atoms with van der Waals surface area (Å²) in [5.41, 5.74) is 1.84. The SMILES string of the molecule is Cc1ccc2oc(C(=O)NCC(O)C3CC3)cc2c1. The summed E-state index contributed by atoms with van der Waals surface area (Å²) < 4.78 is 5.50. The van der Waals surface area contributed by atoms with Crippen molar-refractivity contribution in [3.8, 4) is 0 Å². The van der Waals surface area contributed by atoms with Crippen LogP contribution in [0.15, 0.2) is 28.7 Å². The van der Waals surface area contributed by atoms with E-state index in [1.54, 1.807) is 6.07 Å². The predicted molar refractivity (Wildman–Crippen MR) is 72.0 cm³/mol. The van der Waals surface area contributed by atoms with Gasteiger partial charge in [0.15, 0.2) is 5.76 Å². The van der Waals surface area contributed by atoms with Gasteiger partial charge in [-0.2, -0.15) is 0 Å². The van der Waals surface area contributed by atoms with Crippen LogP contribution in [0.3, 0.4) is 0 Å². The molecule has 1 heterocycles. The zero-order valence-corrected chi connectivity index (χ0v) is 10.8. The molecular weight excluding hydrogens is 242 g/mol. The summed E-state index contributed by atoms with van der Waals surface area (Å²) in [6.45, 7) is 2.29. The number of fused-ring (bicyclic) bond motifs is 1. The fraction of sp³-hybridized carbons (Fsp3) is 0.400. The van der Waals surface area contributed by atoms with E-state index in [-0.39, 0.29) is 5.91 Å². The molecule has 1 aromatic heterocycles. The second kappa shape index (κ2) is 4.70. The number of nitrogens with one attached hydrogen (secondary N) is 1. The van der Waals surface area contributed by atoms with Crippen LogP contribution in [0.2, 0.25) is 0 Å². The molecule has 4 nitrogen and oxygen atoms in total. The molecule has 2 N–H and O–H groups in total. The first-order valence-corrected chi connectivity index (χ1v) is 6.60. The molecule has 0 radical (unpaired) electrons. The number of amides is 1. The number of hydrogen-bond acceptors (Lipinski definition) is 3. The highest BCUT2D eigenvalue weighted by molar-refractivity contribution is 5.96. The third-order valence-electron chi connectivity index (χ3n) is 3.53. The van der Waals surface area contributed by atoms with Crippen molar-refractivity contribution >= 4 is 16.9 Å². The largest absolute Gasteiger partial charge is 0.451 e. The molecule has 19 heavy (non-hydrogen) atoms. The van der Waals surface area contributed by atoms with Crippen molar-refractivity contribution < 1.29 is 14.3 Å². The van der Waals surface area contributed by atoms with Crippen LogP contribution in [0, 0.1) is 12.8 Å². The maximum Gasteiger partial charge on any atom is 0.287 e. The summed E-state index contributed by atoms with van der Waals surface area (Å²) in [4.78, 5) is 11.9. The highest BCUT2D eigenvalue weighted by atomic mass is 16.3. The van der Waals surface area contributed by atoms with Crippen molar-refractivity contribution in [1.82, 2.24) is 5.32 Å². The smallest absolute Gasteiger partial charge is 0.287 e. The van der Waals surface area contributed by atoms with E-state index < -0.39 is 6.10 Å². The Labute approximate surface area is 111 Å². The summed E-state index contributed by atoms with van der Waals surface area (Å²) in [7, 11) is 0. The van der Waals surface area contributed by atoms with Crippen molar-refractivity contribution in [2.75, 3.05) is 6.54 Å². The molecule has 1 aromatic carbocycles. The average Bonchev–Trinajstić information content (AvgIpc) is 3.15. The van der Waals surface area contributed by atoms with Gasteiger partial charge in [-0.05, 0) is 43.9 Å². The fourth-order valence-electron chi connectivity index (χ4n) is 2.21. The predicted octanol–water partition coefficient (Wildman–Crippen LogP) is 2.24. The molecule has 0 spiro atoms. The lowest BCUT2D eigenvalue weighted by Crippen LogP contribution is -2.32. The van der Waals surface area contributed by atoms with Crippen LogP contribution in [-0.4, -0.2) is 23.7 Å². The Hall–Kier alpha value is -1.81. The van der Waals surface area contributed by atoms with Crippen LogP contribution in [0.25, 0.3) is 11.0 Å². The van der Waals surface area contributed by atoms with E-state index in [9.17, 15) is 9.90 Å². The minimum atomic E-state index is -0.435. The molecule has 1 unspecified atom stereocenters. The van der Waals surface area contributed by atoms with Gasteiger partial charge in [0.25, 0.3) is 5.91 Å². The lowest BCUT2D eigenvalue weighted by atomic mass is 10.2. The van der Waals surface area contributed by atoms with Crippen molar-refractivity contribution in [3.63, 3.8) is 0 Å². The highest BCUT2D eigenvalue weighted by Crippen LogP contribution is 2.32. The van der Waals surface area contributed by atoms with Gasteiger partial charge in [-0.25, -0.2) is 0 Å². The van der Waals surface area contributed by atoms with Gasteiger partial charge < -0.3 is 14.8 Å². The second-order valence-corrected chi connectivity index (χ2v) is 5.27. The van der Waals surface area contributed by atoms with E-state index in [1.807, 2.05) is 25.1 Å². The number of aliphatic hydroxyl groups excluding tert-OH is 1. The van der Waals surface area contributed by atoms with E-state index in [0.717, 1.165) is 23.8 Å². The lowest BCUT2D eigenvalue weighted by Gasteiger charge is -2.09. The molecule has 1 saturated carbocycles. The quantitative estimate of drug-likeness (QED) is 0.885. The zero-order chi connectivity index (χ0) is 13.4. The molecule has 1 atom stereocenters. The van der Waals surface area contributed by atoms with E-state index in [4.69, 9.17) is 4.42 Å². The zero-order valence-electron chi connectivity index (χ0n) is 10.8. The summed E-state index contributed by atoms with van der Waals surface area (Å²) in [5.74, 6) is 0.385. The molecule has 4 heteroatoms. The molecule has 0 bridgehead atoms. The van der Waals surface area contributed by atoms with Gasteiger partial charge in [0, 0.05) is 11.9 Å².